The molecule has 0 bridgehead atoms. The van der Waals surface area contributed by atoms with Crippen LogP contribution >= 0.6 is 15.9 Å². The maximum Gasteiger partial charge on any atom is 0.243 e. The zero-order chi connectivity index (χ0) is 13.2. The molecule has 0 saturated carbocycles. The second-order valence-electron chi connectivity index (χ2n) is 4.48. The summed E-state index contributed by atoms with van der Waals surface area (Å²) in [5, 5.41) is 0. The minimum Gasteiger partial charge on any atom is -0.207 e. The largest absolute Gasteiger partial charge is 0.243 e. The van der Waals surface area contributed by atoms with Gasteiger partial charge in [-0.1, -0.05) is 15.9 Å². The number of sulfonamides is 1. The van der Waals surface area contributed by atoms with Crippen molar-refractivity contribution in [2.75, 3.05) is 0 Å². The molecule has 0 aliphatic carbocycles. The molecule has 0 aromatic heterocycles. The first-order valence-corrected chi connectivity index (χ1v) is 7.79. The van der Waals surface area contributed by atoms with Gasteiger partial charge in [0.1, 0.15) is 0 Å². The summed E-state index contributed by atoms with van der Waals surface area (Å²) in [7, 11) is -3.40. The van der Waals surface area contributed by atoms with Crippen LogP contribution in [0.4, 0.5) is 0 Å². The first kappa shape index (κ1) is 14.7. The maximum absolute atomic E-state index is 12.4. The van der Waals surface area contributed by atoms with E-state index >= 15 is 0 Å². The molecular formula is C12H18BrNO2S. The van der Waals surface area contributed by atoms with Crippen molar-refractivity contribution < 1.29 is 8.42 Å². The molecule has 0 amide bonds. The van der Waals surface area contributed by atoms with Gasteiger partial charge in [0.2, 0.25) is 10.0 Å². The molecule has 0 spiro atoms. The quantitative estimate of drug-likeness (QED) is 0.854. The van der Waals surface area contributed by atoms with Crippen LogP contribution in [0.1, 0.15) is 27.7 Å². The normalized spacial score (nSPS) is 12.7. The Balaban J connectivity index is 3.21. The average molecular weight is 320 g/mol. The van der Waals surface area contributed by atoms with Crippen molar-refractivity contribution in [3.63, 3.8) is 0 Å². The lowest BCUT2D eigenvalue weighted by molar-refractivity contribution is 0.302. The lowest BCUT2D eigenvalue weighted by Crippen LogP contribution is -2.41. The number of rotatable bonds is 4. The first-order valence-electron chi connectivity index (χ1n) is 5.56. The molecule has 17 heavy (non-hydrogen) atoms. The Kier molecular flexibility index (Phi) is 4.75. The van der Waals surface area contributed by atoms with E-state index in [2.05, 4.69) is 15.9 Å². The Bertz CT molecular complexity index is 458. The molecule has 0 N–H and O–H groups in total. The molecule has 0 aliphatic heterocycles. The fourth-order valence-corrected chi connectivity index (χ4v) is 3.98. The highest BCUT2D eigenvalue weighted by molar-refractivity contribution is 9.10. The molecule has 0 radical (unpaired) electrons. The fraction of sp³-hybridized carbons (Fsp3) is 0.500. The van der Waals surface area contributed by atoms with Crippen LogP contribution in [0.25, 0.3) is 0 Å². The Morgan fingerprint density at radius 2 is 1.41 bits per heavy atom. The van der Waals surface area contributed by atoms with Gasteiger partial charge in [0, 0.05) is 16.6 Å². The predicted molar refractivity (Wildman–Crippen MR) is 73.4 cm³/mol. The van der Waals surface area contributed by atoms with Crippen LogP contribution in [0.15, 0.2) is 33.6 Å². The molecule has 3 nitrogen and oxygen atoms in total. The summed E-state index contributed by atoms with van der Waals surface area (Å²) in [5.41, 5.74) is 0. The monoisotopic (exact) mass is 319 g/mol. The number of halogens is 1. The van der Waals surface area contributed by atoms with Crippen LogP contribution in [0, 0.1) is 0 Å². The fourth-order valence-electron chi connectivity index (χ4n) is 1.88. The van der Waals surface area contributed by atoms with Crippen molar-refractivity contribution >= 4 is 26.0 Å². The third kappa shape index (κ3) is 3.30. The van der Waals surface area contributed by atoms with Gasteiger partial charge in [-0.3, -0.25) is 0 Å². The van der Waals surface area contributed by atoms with Gasteiger partial charge >= 0.3 is 0 Å². The Morgan fingerprint density at radius 1 is 1.00 bits per heavy atom. The van der Waals surface area contributed by atoms with Gasteiger partial charge in [0.15, 0.2) is 0 Å². The van der Waals surface area contributed by atoms with Gasteiger partial charge in [0.05, 0.1) is 4.90 Å². The molecule has 96 valence electrons. The molecule has 1 rings (SSSR count). The zero-order valence-electron chi connectivity index (χ0n) is 10.5. The molecule has 0 fully saturated rings. The van der Waals surface area contributed by atoms with Crippen LogP contribution in [-0.2, 0) is 10.0 Å². The summed E-state index contributed by atoms with van der Waals surface area (Å²) in [4.78, 5) is 0.336. The van der Waals surface area contributed by atoms with E-state index < -0.39 is 10.0 Å². The summed E-state index contributed by atoms with van der Waals surface area (Å²) < 4.78 is 27.3. The minimum atomic E-state index is -3.40. The van der Waals surface area contributed by atoms with E-state index in [1.165, 1.54) is 4.31 Å². The second-order valence-corrected chi connectivity index (χ2v) is 7.24. The third-order valence-electron chi connectivity index (χ3n) is 2.41. The van der Waals surface area contributed by atoms with Gasteiger partial charge in [-0.25, -0.2) is 8.42 Å². The minimum absolute atomic E-state index is 0.0522. The van der Waals surface area contributed by atoms with Crippen LogP contribution in [0.5, 0.6) is 0 Å². The first-order chi connectivity index (χ1) is 7.76. The van der Waals surface area contributed by atoms with Crippen molar-refractivity contribution in [3.8, 4) is 0 Å². The van der Waals surface area contributed by atoms with Gasteiger partial charge in [0.25, 0.3) is 0 Å². The van der Waals surface area contributed by atoms with Gasteiger partial charge in [-0.05, 0) is 52.0 Å². The Hall–Kier alpha value is -0.390. The van der Waals surface area contributed by atoms with Crippen molar-refractivity contribution in [3.05, 3.63) is 28.7 Å². The Morgan fingerprint density at radius 3 is 1.76 bits per heavy atom. The van der Waals surface area contributed by atoms with Crippen molar-refractivity contribution in [1.29, 1.82) is 0 Å². The van der Waals surface area contributed by atoms with Crippen molar-refractivity contribution in [2.45, 2.75) is 44.7 Å². The molecule has 5 heteroatoms. The maximum atomic E-state index is 12.4. The van der Waals surface area contributed by atoms with Crippen LogP contribution < -0.4 is 0 Å². The van der Waals surface area contributed by atoms with E-state index in [1.54, 1.807) is 24.3 Å². The SMILES string of the molecule is CC(C)N(C(C)C)S(=O)(=O)c1ccc(Br)cc1. The van der Waals surface area contributed by atoms with Crippen LogP contribution in [0.3, 0.4) is 0 Å². The van der Waals surface area contributed by atoms with E-state index in [-0.39, 0.29) is 12.1 Å². The van der Waals surface area contributed by atoms with E-state index in [1.807, 2.05) is 27.7 Å². The van der Waals surface area contributed by atoms with E-state index in [0.717, 1.165) is 4.47 Å². The highest BCUT2D eigenvalue weighted by atomic mass is 79.9. The standard InChI is InChI=1S/C12H18BrNO2S/c1-9(2)14(10(3)4)17(15,16)12-7-5-11(13)6-8-12/h5-10H,1-4H3. The topological polar surface area (TPSA) is 37.4 Å². The molecule has 0 atom stereocenters. The lowest BCUT2D eigenvalue weighted by atomic mass is 10.3. The molecule has 0 aliphatic rings. The molecule has 0 saturated heterocycles. The Labute approximate surface area is 112 Å². The zero-order valence-corrected chi connectivity index (χ0v) is 12.9. The highest BCUT2D eigenvalue weighted by Gasteiger charge is 2.29. The summed E-state index contributed by atoms with van der Waals surface area (Å²) in [6.45, 7) is 7.54. The molecule has 1 aromatic carbocycles. The van der Waals surface area contributed by atoms with E-state index in [0.29, 0.717) is 4.90 Å². The summed E-state index contributed by atoms with van der Waals surface area (Å²) >= 11 is 3.30. The number of benzene rings is 1. The van der Waals surface area contributed by atoms with E-state index in [9.17, 15) is 8.42 Å². The second kappa shape index (κ2) is 5.50. The van der Waals surface area contributed by atoms with Gasteiger partial charge in [-0.2, -0.15) is 4.31 Å². The predicted octanol–water partition coefficient (Wildman–Crippen LogP) is 3.26. The molecule has 0 heterocycles. The molecule has 1 aromatic rings. The van der Waals surface area contributed by atoms with Gasteiger partial charge < -0.3 is 0 Å². The molecular weight excluding hydrogens is 302 g/mol. The summed E-state index contributed by atoms with van der Waals surface area (Å²) in [6.07, 6.45) is 0. The molecule has 0 unspecified atom stereocenters. The lowest BCUT2D eigenvalue weighted by Gasteiger charge is -2.29. The van der Waals surface area contributed by atoms with E-state index in [4.69, 9.17) is 0 Å². The summed E-state index contributed by atoms with van der Waals surface area (Å²) in [5.74, 6) is 0. The number of hydrogen-bond acceptors (Lipinski definition) is 2. The van der Waals surface area contributed by atoms with Crippen LogP contribution in [0.2, 0.25) is 0 Å². The van der Waals surface area contributed by atoms with Crippen molar-refractivity contribution in [2.24, 2.45) is 0 Å². The number of nitrogens with zero attached hydrogens (tertiary/aromatic N) is 1. The average Bonchev–Trinajstić information content (AvgIpc) is 2.16. The smallest absolute Gasteiger partial charge is 0.207 e. The third-order valence-corrected chi connectivity index (χ3v) is 5.20. The summed E-state index contributed by atoms with van der Waals surface area (Å²) in [6, 6.07) is 6.62. The van der Waals surface area contributed by atoms with Gasteiger partial charge in [-0.15, -0.1) is 0 Å². The van der Waals surface area contributed by atoms with Crippen molar-refractivity contribution in [1.82, 2.24) is 4.31 Å². The number of hydrogen-bond donors (Lipinski definition) is 0. The highest BCUT2D eigenvalue weighted by Crippen LogP contribution is 2.22. The van der Waals surface area contributed by atoms with Crippen LogP contribution in [-0.4, -0.2) is 24.8 Å².